The van der Waals surface area contributed by atoms with Crippen LogP contribution in [0.15, 0.2) is 66.3 Å². The summed E-state index contributed by atoms with van der Waals surface area (Å²) >= 11 is 0. The minimum absolute atomic E-state index is 0.352. The second kappa shape index (κ2) is 12.7. The first-order valence-corrected chi connectivity index (χ1v) is 13.2. The molecule has 0 N–H and O–H groups in total. The van der Waals surface area contributed by atoms with Gasteiger partial charge in [0.25, 0.3) is 0 Å². The first-order valence-electron chi connectivity index (χ1n) is 13.2. The number of benzene rings is 2. The van der Waals surface area contributed by atoms with E-state index in [4.69, 9.17) is 0 Å². The highest BCUT2D eigenvalue weighted by atomic mass is 19.1. The molecule has 2 aromatic carbocycles. The number of anilines is 2. The second-order valence-electron chi connectivity index (χ2n) is 8.77. The summed E-state index contributed by atoms with van der Waals surface area (Å²) < 4.78 is 33.6. The normalized spacial score (nSPS) is 12.8. The first-order chi connectivity index (χ1) is 17.4. The Morgan fingerprint density at radius 3 is 1.39 bits per heavy atom. The Hall–Kier alpha value is -3.21. The molecule has 0 saturated heterocycles. The molecule has 3 nitrogen and oxygen atoms in total. The van der Waals surface area contributed by atoms with Crippen LogP contribution in [0.3, 0.4) is 0 Å². The van der Waals surface area contributed by atoms with E-state index in [0.717, 1.165) is 61.9 Å². The third kappa shape index (κ3) is 5.77. The molecule has 0 radical (unpaired) electrons. The van der Waals surface area contributed by atoms with Crippen molar-refractivity contribution in [3.8, 4) is 0 Å². The van der Waals surface area contributed by atoms with Crippen molar-refractivity contribution in [3.05, 3.63) is 89.0 Å². The van der Waals surface area contributed by atoms with Crippen LogP contribution >= 0.6 is 0 Å². The van der Waals surface area contributed by atoms with E-state index in [-0.39, 0.29) is 11.6 Å². The molecule has 36 heavy (non-hydrogen) atoms. The van der Waals surface area contributed by atoms with Crippen molar-refractivity contribution < 1.29 is 13.4 Å². The molecule has 5 heteroatoms. The molecule has 0 heterocycles. The van der Waals surface area contributed by atoms with Crippen LogP contribution in [0.25, 0.3) is 5.57 Å². The zero-order valence-corrected chi connectivity index (χ0v) is 22.6. The van der Waals surface area contributed by atoms with E-state index in [2.05, 4.69) is 55.9 Å². The molecule has 1 aliphatic rings. The summed E-state index contributed by atoms with van der Waals surface area (Å²) in [4.78, 5) is 4.20. The van der Waals surface area contributed by atoms with Crippen molar-refractivity contribution in [1.29, 1.82) is 0 Å². The molecule has 0 amide bonds. The van der Waals surface area contributed by atoms with Crippen LogP contribution < -0.4 is 9.80 Å². The largest absolute Gasteiger partial charge is 0.372 e. The highest BCUT2D eigenvalue weighted by Crippen LogP contribution is 2.35. The van der Waals surface area contributed by atoms with E-state index in [0.29, 0.717) is 16.7 Å². The lowest BCUT2D eigenvalue weighted by atomic mass is 9.89. The van der Waals surface area contributed by atoms with Gasteiger partial charge in [0.15, 0.2) is 5.71 Å². The third-order valence-corrected chi connectivity index (χ3v) is 6.99. The Morgan fingerprint density at radius 2 is 1.06 bits per heavy atom. The van der Waals surface area contributed by atoms with E-state index >= 15 is 8.78 Å². The fourth-order valence-corrected chi connectivity index (χ4v) is 4.87. The SMILES string of the molecule is CCN(CC)c1ccc(C(=C2C=CC(=[N+](CC)CC)C=C2)c2ccc(N(CC)CC)cc2F)c(F)c1. The molecule has 0 aliphatic heterocycles. The van der Waals surface area contributed by atoms with E-state index in [1.54, 1.807) is 24.3 Å². The number of hydrogen-bond acceptors (Lipinski definition) is 2. The van der Waals surface area contributed by atoms with Gasteiger partial charge in [-0.15, -0.1) is 0 Å². The predicted molar refractivity (Wildman–Crippen MR) is 151 cm³/mol. The topological polar surface area (TPSA) is 9.49 Å². The van der Waals surface area contributed by atoms with Gasteiger partial charge in [-0.2, -0.15) is 0 Å². The molecular weight excluding hydrogens is 452 g/mol. The lowest BCUT2D eigenvalue weighted by Gasteiger charge is -2.23. The van der Waals surface area contributed by atoms with Crippen LogP contribution in [0.1, 0.15) is 52.7 Å². The van der Waals surface area contributed by atoms with Gasteiger partial charge in [0, 0.05) is 66.4 Å². The average Bonchev–Trinajstić information content (AvgIpc) is 2.89. The minimum Gasteiger partial charge on any atom is -0.372 e. The summed E-state index contributed by atoms with van der Waals surface area (Å²) in [5.41, 5.74) is 4.90. The molecule has 0 atom stereocenters. The van der Waals surface area contributed by atoms with Gasteiger partial charge >= 0.3 is 0 Å². The molecule has 192 valence electrons. The van der Waals surface area contributed by atoms with E-state index in [9.17, 15) is 0 Å². The number of hydrogen-bond donors (Lipinski definition) is 0. The smallest absolute Gasteiger partial charge is 0.199 e. The van der Waals surface area contributed by atoms with Gasteiger partial charge in [0.05, 0.1) is 0 Å². The van der Waals surface area contributed by atoms with Crippen molar-refractivity contribution in [1.82, 2.24) is 0 Å². The molecule has 0 fully saturated rings. The number of rotatable bonds is 10. The predicted octanol–water partition coefficient (Wildman–Crippen LogP) is 7.08. The fraction of sp³-hybridized carbons (Fsp3) is 0.387. The standard InChI is InChI=1S/C31H40F2N3/c1-7-34(8-2)24-15-13-23(14-16-24)31(27-19-17-25(21-29(27)32)35(9-3)10-4)28-20-18-26(22-30(28)33)36(11-5)12-6/h13-22H,7-12H2,1-6H3/q+1. The second-order valence-corrected chi connectivity index (χ2v) is 8.77. The summed E-state index contributed by atoms with van der Waals surface area (Å²) in [6.07, 6.45) is 8.01. The average molecular weight is 493 g/mol. The Bertz CT molecular complexity index is 1090. The quantitative estimate of drug-likeness (QED) is 0.328. The summed E-state index contributed by atoms with van der Waals surface area (Å²) in [6, 6.07) is 10.6. The molecule has 0 saturated carbocycles. The maximum atomic E-state index is 15.7. The lowest BCUT2D eigenvalue weighted by Crippen LogP contribution is -2.22. The maximum Gasteiger partial charge on any atom is 0.199 e. The number of allylic oxidation sites excluding steroid dienone is 5. The fourth-order valence-electron chi connectivity index (χ4n) is 4.87. The van der Waals surface area contributed by atoms with Crippen LogP contribution in [-0.2, 0) is 0 Å². The van der Waals surface area contributed by atoms with Gasteiger partial charge in [-0.3, -0.25) is 0 Å². The van der Waals surface area contributed by atoms with Crippen molar-refractivity contribution in [2.75, 3.05) is 49.1 Å². The van der Waals surface area contributed by atoms with Crippen LogP contribution in [0.4, 0.5) is 20.2 Å². The highest BCUT2D eigenvalue weighted by Gasteiger charge is 2.21. The van der Waals surface area contributed by atoms with E-state index < -0.39 is 0 Å². The Morgan fingerprint density at radius 1 is 0.639 bits per heavy atom. The molecule has 3 rings (SSSR count). The highest BCUT2D eigenvalue weighted by molar-refractivity contribution is 6.04. The molecule has 0 aromatic heterocycles. The van der Waals surface area contributed by atoms with E-state index in [1.165, 1.54) is 0 Å². The third-order valence-electron chi connectivity index (χ3n) is 6.99. The Kier molecular flexibility index (Phi) is 9.63. The minimum atomic E-state index is -0.352. The Balaban J connectivity index is 2.21. The number of nitrogens with zero attached hydrogens (tertiary/aromatic N) is 3. The van der Waals surface area contributed by atoms with E-state index in [1.807, 2.05) is 36.4 Å². The van der Waals surface area contributed by atoms with Crippen LogP contribution in [0.2, 0.25) is 0 Å². The molecule has 0 bridgehead atoms. The first kappa shape index (κ1) is 27.4. The van der Waals surface area contributed by atoms with Crippen LogP contribution in [-0.4, -0.2) is 49.6 Å². The van der Waals surface area contributed by atoms with Gasteiger partial charge in [-0.05, 0) is 95.7 Å². The van der Waals surface area contributed by atoms with Gasteiger partial charge in [-0.1, -0.05) is 0 Å². The monoisotopic (exact) mass is 492 g/mol. The van der Waals surface area contributed by atoms with Gasteiger partial charge in [0.1, 0.15) is 24.7 Å². The Labute approximate surface area is 215 Å². The van der Waals surface area contributed by atoms with Gasteiger partial charge in [-0.25, -0.2) is 13.4 Å². The molecule has 1 aliphatic carbocycles. The van der Waals surface area contributed by atoms with Crippen molar-refractivity contribution >= 4 is 22.7 Å². The van der Waals surface area contributed by atoms with Crippen molar-refractivity contribution in [2.45, 2.75) is 41.5 Å². The zero-order valence-electron chi connectivity index (χ0n) is 22.6. The summed E-state index contributed by atoms with van der Waals surface area (Å²) in [7, 11) is 0. The summed E-state index contributed by atoms with van der Waals surface area (Å²) in [6.45, 7) is 17.4. The molecule has 0 unspecified atom stereocenters. The van der Waals surface area contributed by atoms with Crippen molar-refractivity contribution in [3.63, 3.8) is 0 Å². The van der Waals surface area contributed by atoms with Gasteiger partial charge in [0.2, 0.25) is 0 Å². The van der Waals surface area contributed by atoms with Crippen LogP contribution in [0.5, 0.6) is 0 Å². The molecule has 0 spiro atoms. The van der Waals surface area contributed by atoms with Crippen molar-refractivity contribution in [2.24, 2.45) is 0 Å². The lowest BCUT2D eigenvalue weighted by molar-refractivity contribution is -0.519. The zero-order chi connectivity index (χ0) is 26.2. The van der Waals surface area contributed by atoms with Gasteiger partial charge < -0.3 is 9.80 Å². The summed E-state index contributed by atoms with van der Waals surface area (Å²) in [5, 5.41) is 0. The molecular formula is C31H40F2N3+. The van der Waals surface area contributed by atoms with Crippen LogP contribution in [0, 0.1) is 11.6 Å². The molecule has 2 aromatic rings. The maximum absolute atomic E-state index is 15.7. The number of halogens is 2. The summed E-state index contributed by atoms with van der Waals surface area (Å²) in [5.74, 6) is -0.705.